The summed E-state index contributed by atoms with van der Waals surface area (Å²) in [6, 6.07) is 8.32. The highest BCUT2D eigenvalue weighted by Crippen LogP contribution is 2.19. The van der Waals surface area contributed by atoms with Crippen molar-refractivity contribution in [1.82, 2.24) is 24.5 Å². The molecule has 21 heavy (non-hydrogen) atoms. The Morgan fingerprint density at radius 1 is 1.19 bits per heavy atom. The molecule has 1 atom stereocenters. The maximum atomic E-state index is 4.30. The Balaban J connectivity index is 1.70. The van der Waals surface area contributed by atoms with Crippen LogP contribution in [0.4, 0.5) is 5.69 Å². The van der Waals surface area contributed by atoms with Crippen LogP contribution < -0.4 is 5.32 Å². The van der Waals surface area contributed by atoms with Gasteiger partial charge in [-0.15, -0.1) is 0 Å². The lowest BCUT2D eigenvalue weighted by Gasteiger charge is -2.14. The van der Waals surface area contributed by atoms with Crippen LogP contribution >= 0.6 is 0 Å². The van der Waals surface area contributed by atoms with Gasteiger partial charge in [0.2, 0.25) is 0 Å². The van der Waals surface area contributed by atoms with Crippen molar-refractivity contribution >= 4 is 5.69 Å². The van der Waals surface area contributed by atoms with Gasteiger partial charge in [-0.3, -0.25) is 4.68 Å². The van der Waals surface area contributed by atoms with Gasteiger partial charge in [-0.2, -0.15) is 10.2 Å². The summed E-state index contributed by atoms with van der Waals surface area (Å²) in [7, 11) is 0. The zero-order valence-corrected chi connectivity index (χ0v) is 12.1. The van der Waals surface area contributed by atoms with Crippen molar-refractivity contribution in [2.24, 2.45) is 0 Å². The van der Waals surface area contributed by atoms with Gasteiger partial charge < -0.3 is 5.32 Å². The summed E-state index contributed by atoms with van der Waals surface area (Å²) in [5, 5.41) is 11.9. The summed E-state index contributed by atoms with van der Waals surface area (Å²) in [6.45, 7) is 5.10. The highest BCUT2D eigenvalue weighted by molar-refractivity contribution is 5.49. The van der Waals surface area contributed by atoms with Gasteiger partial charge in [0.1, 0.15) is 12.7 Å². The van der Waals surface area contributed by atoms with Gasteiger partial charge in [-0.1, -0.05) is 0 Å². The number of anilines is 1. The average Bonchev–Trinajstić information content (AvgIpc) is 3.19. The summed E-state index contributed by atoms with van der Waals surface area (Å²) >= 11 is 0. The number of hydrogen-bond donors (Lipinski definition) is 1. The van der Waals surface area contributed by atoms with Crippen LogP contribution in [0.25, 0.3) is 5.69 Å². The fourth-order valence-electron chi connectivity index (χ4n) is 2.16. The predicted octanol–water partition coefficient (Wildman–Crippen LogP) is 2.66. The minimum atomic E-state index is 0.211. The van der Waals surface area contributed by atoms with Gasteiger partial charge in [-0.25, -0.2) is 9.67 Å². The molecule has 2 aromatic heterocycles. The molecule has 0 fully saturated rings. The molecule has 0 aliphatic rings. The Morgan fingerprint density at radius 2 is 2.00 bits per heavy atom. The lowest BCUT2D eigenvalue weighted by Crippen LogP contribution is -2.06. The minimum Gasteiger partial charge on any atom is -0.378 e. The summed E-state index contributed by atoms with van der Waals surface area (Å²) in [4.78, 5) is 3.95. The third-order valence-corrected chi connectivity index (χ3v) is 3.41. The molecule has 0 radical (unpaired) electrons. The molecule has 0 saturated carbocycles. The van der Waals surface area contributed by atoms with E-state index in [4.69, 9.17) is 0 Å². The Kier molecular flexibility index (Phi) is 3.68. The molecule has 0 spiro atoms. The van der Waals surface area contributed by atoms with Crippen molar-refractivity contribution in [2.75, 3.05) is 5.32 Å². The fraction of sp³-hybridized carbons (Fsp3) is 0.267. The molecular formula is C15H18N6. The third-order valence-electron chi connectivity index (χ3n) is 3.41. The Hall–Kier alpha value is -2.63. The van der Waals surface area contributed by atoms with E-state index < -0.39 is 0 Å². The van der Waals surface area contributed by atoms with Crippen molar-refractivity contribution in [1.29, 1.82) is 0 Å². The second-order valence-corrected chi connectivity index (χ2v) is 4.88. The van der Waals surface area contributed by atoms with E-state index in [1.54, 1.807) is 11.0 Å². The van der Waals surface area contributed by atoms with Crippen LogP contribution in [0, 0.1) is 0 Å². The number of nitrogens with zero attached hydrogens (tertiary/aromatic N) is 5. The summed E-state index contributed by atoms with van der Waals surface area (Å²) in [6.07, 6.45) is 7.19. The van der Waals surface area contributed by atoms with E-state index in [1.807, 2.05) is 35.1 Å². The number of rotatable bonds is 5. The quantitative estimate of drug-likeness (QED) is 0.781. The summed E-state index contributed by atoms with van der Waals surface area (Å²) < 4.78 is 3.67. The molecule has 6 heteroatoms. The first-order valence-corrected chi connectivity index (χ1v) is 7.00. The zero-order chi connectivity index (χ0) is 14.7. The molecule has 0 amide bonds. The monoisotopic (exact) mass is 282 g/mol. The molecular weight excluding hydrogens is 264 g/mol. The molecule has 3 rings (SSSR count). The van der Waals surface area contributed by atoms with E-state index in [1.165, 1.54) is 11.9 Å². The normalized spacial score (nSPS) is 12.3. The maximum absolute atomic E-state index is 4.30. The van der Waals surface area contributed by atoms with Crippen LogP contribution in [-0.4, -0.2) is 24.5 Å². The summed E-state index contributed by atoms with van der Waals surface area (Å²) in [5.74, 6) is 0. The van der Waals surface area contributed by atoms with E-state index in [-0.39, 0.29) is 6.04 Å². The van der Waals surface area contributed by atoms with Crippen molar-refractivity contribution < 1.29 is 0 Å². The van der Waals surface area contributed by atoms with Gasteiger partial charge in [0.25, 0.3) is 0 Å². The van der Waals surface area contributed by atoms with Crippen molar-refractivity contribution in [2.45, 2.75) is 26.4 Å². The van der Waals surface area contributed by atoms with Gasteiger partial charge in [-0.05, 0) is 38.1 Å². The molecule has 2 heterocycles. The predicted molar refractivity (Wildman–Crippen MR) is 81.3 cm³/mol. The smallest absolute Gasteiger partial charge is 0.138 e. The highest BCUT2D eigenvalue weighted by atomic mass is 15.3. The maximum Gasteiger partial charge on any atom is 0.138 e. The minimum absolute atomic E-state index is 0.211. The second-order valence-electron chi connectivity index (χ2n) is 4.88. The van der Waals surface area contributed by atoms with Gasteiger partial charge in [0.15, 0.2) is 0 Å². The van der Waals surface area contributed by atoms with Gasteiger partial charge in [0.05, 0.1) is 17.9 Å². The van der Waals surface area contributed by atoms with Crippen molar-refractivity contribution in [3.63, 3.8) is 0 Å². The van der Waals surface area contributed by atoms with Crippen molar-refractivity contribution in [3.05, 3.63) is 54.9 Å². The lowest BCUT2D eigenvalue weighted by molar-refractivity contribution is 0.658. The van der Waals surface area contributed by atoms with E-state index in [9.17, 15) is 0 Å². The Morgan fingerprint density at radius 3 is 2.62 bits per heavy atom. The number of hydrogen-bond acceptors (Lipinski definition) is 4. The summed E-state index contributed by atoms with van der Waals surface area (Å²) in [5.41, 5.74) is 3.23. The lowest BCUT2D eigenvalue weighted by atomic mass is 10.2. The molecule has 1 aromatic carbocycles. The molecule has 0 aliphatic carbocycles. The second kappa shape index (κ2) is 5.78. The molecule has 6 nitrogen and oxygen atoms in total. The highest BCUT2D eigenvalue weighted by Gasteiger charge is 2.08. The largest absolute Gasteiger partial charge is 0.378 e. The van der Waals surface area contributed by atoms with Crippen LogP contribution in [0.1, 0.15) is 25.5 Å². The van der Waals surface area contributed by atoms with E-state index in [0.717, 1.165) is 17.9 Å². The number of nitrogens with one attached hydrogen (secondary N) is 1. The third kappa shape index (κ3) is 2.94. The first kappa shape index (κ1) is 13.4. The molecule has 0 bridgehead atoms. The molecule has 0 aliphatic heterocycles. The van der Waals surface area contributed by atoms with E-state index >= 15 is 0 Å². The van der Waals surface area contributed by atoms with Crippen LogP contribution in [0.2, 0.25) is 0 Å². The molecule has 3 aromatic rings. The van der Waals surface area contributed by atoms with Crippen LogP contribution in [-0.2, 0) is 6.54 Å². The van der Waals surface area contributed by atoms with Crippen molar-refractivity contribution in [3.8, 4) is 5.69 Å². The average molecular weight is 282 g/mol. The Labute approximate surface area is 123 Å². The molecule has 0 saturated heterocycles. The van der Waals surface area contributed by atoms with Crippen LogP contribution in [0.5, 0.6) is 0 Å². The first-order valence-electron chi connectivity index (χ1n) is 7.00. The SMILES string of the molecule is CCn1cc(C(C)Nc2ccc(-n3cncn3)cc2)cn1. The Bertz CT molecular complexity index is 683. The van der Waals surface area contributed by atoms with Crippen LogP contribution in [0.3, 0.4) is 0 Å². The molecule has 108 valence electrons. The van der Waals surface area contributed by atoms with Crippen LogP contribution in [0.15, 0.2) is 49.3 Å². The first-order chi connectivity index (χ1) is 10.3. The molecule has 1 unspecified atom stereocenters. The molecule has 1 N–H and O–H groups in total. The number of aryl methyl sites for hydroxylation is 1. The van der Waals surface area contributed by atoms with Gasteiger partial charge in [0, 0.05) is 24.0 Å². The number of aromatic nitrogens is 5. The number of benzene rings is 1. The zero-order valence-electron chi connectivity index (χ0n) is 12.1. The van der Waals surface area contributed by atoms with Gasteiger partial charge >= 0.3 is 0 Å². The van der Waals surface area contributed by atoms with E-state index in [2.05, 4.69) is 40.5 Å². The fourth-order valence-corrected chi connectivity index (χ4v) is 2.16. The topological polar surface area (TPSA) is 60.6 Å². The standard InChI is InChI=1S/C15H18N6/c1-3-20-9-13(8-17-20)12(2)19-14-4-6-15(7-5-14)21-11-16-10-18-21/h4-12,19H,3H2,1-2H3. The van der Waals surface area contributed by atoms with E-state index in [0.29, 0.717) is 0 Å².